The molecule has 0 heterocycles. The van der Waals surface area contributed by atoms with E-state index in [-0.39, 0.29) is 12.3 Å². The van der Waals surface area contributed by atoms with Crippen LogP contribution in [-0.2, 0) is 14.0 Å². The molecular formula is C15H22N2O3Si. The van der Waals surface area contributed by atoms with E-state index in [4.69, 9.17) is 9.16 Å². The first kappa shape index (κ1) is 17.3. The lowest BCUT2D eigenvalue weighted by Gasteiger charge is -2.23. The largest absolute Gasteiger partial charge is 0.457 e. The first-order chi connectivity index (χ1) is 9.78. The van der Waals surface area contributed by atoms with Gasteiger partial charge in [-0.25, -0.2) is 4.79 Å². The normalized spacial score (nSPS) is 12.4. The quantitative estimate of drug-likeness (QED) is 0.266. The Morgan fingerprint density at radius 1 is 1.29 bits per heavy atom. The summed E-state index contributed by atoms with van der Waals surface area (Å²) in [5.74, 6) is -0.663. The summed E-state index contributed by atoms with van der Waals surface area (Å²) >= 11 is 0. The van der Waals surface area contributed by atoms with E-state index in [1.165, 1.54) is 0 Å². The Morgan fingerprint density at radius 3 is 2.29 bits per heavy atom. The van der Waals surface area contributed by atoms with Gasteiger partial charge in [0, 0.05) is 0 Å². The summed E-state index contributed by atoms with van der Waals surface area (Å²) in [4.78, 5) is 15.1. The van der Waals surface area contributed by atoms with E-state index in [0.29, 0.717) is 0 Å². The number of hydrogen-bond donors (Lipinski definition) is 0. The highest BCUT2D eigenvalue weighted by molar-refractivity contribution is 6.70. The summed E-state index contributed by atoms with van der Waals surface area (Å²) < 4.78 is 11.0. The van der Waals surface area contributed by atoms with E-state index in [2.05, 4.69) is 4.79 Å². The molecule has 6 heteroatoms. The van der Waals surface area contributed by atoms with Crippen molar-refractivity contribution in [1.29, 1.82) is 0 Å². The molecule has 1 rings (SSSR count). The van der Waals surface area contributed by atoms with Crippen molar-refractivity contribution in [2.24, 2.45) is 0 Å². The van der Waals surface area contributed by atoms with Gasteiger partial charge in [0.25, 0.3) is 0 Å². The van der Waals surface area contributed by atoms with Crippen LogP contribution < -0.4 is 0 Å². The highest BCUT2D eigenvalue weighted by Crippen LogP contribution is 2.24. The van der Waals surface area contributed by atoms with Crippen molar-refractivity contribution in [2.75, 3.05) is 6.61 Å². The number of hydrogen-bond acceptors (Lipinski definition) is 3. The van der Waals surface area contributed by atoms with Crippen molar-refractivity contribution in [1.82, 2.24) is 0 Å². The molecule has 1 aromatic rings. The first-order valence-electron chi connectivity index (χ1n) is 6.92. The van der Waals surface area contributed by atoms with Crippen molar-refractivity contribution in [3.05, 3.63) is 40.9 Å². The van der Waals surface area contributed by atoms with Gasteiger partial charge in [0.15, 0.2) is 14.4 Å². The molecule has 0 radical (unpaired) electrons. The topological polar surface area (TPSA) is 71.9 Å². The summed E-state index contributed by atoms with van der Waals surface area (Å²) in [6.45, 7) is 9.92. The summed E-state index contributed by atoms with van der Waals surface area (Å²) in [7, 11) is -1.96. The third-order valence-corrected chi connectivity index (χ3v) is 3.63. The Labute approximate surface area is 126 Å². The second-order valence-corrected chi connectivity index (χ2v) is 10.2. The molecule has 0 aromatic heterocycles. The minimum Gasteiger partial charge on any atom is -0.457 e. The van der Waals surface area contributed by atoms with Crippen molar-refractivity contribution in [3.8, 4) is 0 Å². The molecule has 21 heavy (non-hydrogen) atoms. The molecule has 0 aliphatic rings. The average Bonchev–Trinajstić information content (AvgIpc) is 2.38. The number of carbonyl (C=O) groups is 1. The van der Waals surface area contributed by atoms with Gasteiger partial charge in [0.05, 0.1) is 6.61 Å². The Bertz CT molecular complexity index is 543. The zero-order chi connectivity index (χ0) is 16.0. The van der Waals surface area contributed by atoms with Gasteiger partial charge in [-0.15, -0.1) is 0 Å². The number of esters is 1. The summed E-state index contributed by atoms with van der Waals surface area (Å²) in [6, 6.07) is 7.58. The molecule has 0 aliphatic carbocycles. The molecule has 0 bridgehead atoms. The Balaban J connectivity index is 3.21. The monoisotopic (exact) mass is 306 g/mol. The molecular weight excluding hydrogens is 284 g/mol. The van der Waals surface area contributed by atoms with E-state index in [9.17, 15) is 10.3 Å². The van der Waals surface area contributed by atoms with Crippen LogP contribution in [0.5, 0.6) is 0 Å². The third kappa shape index (κ3) is 5.26. The zero-order valence-corrected chi connectivity index (χ0v) is 14.2. The van der Waals surface area contributed by atoms with Crippen LogP contribution in [0.15, 0.2) is 24.3 Å². The molecule has 0 saturated heterocycles. The van der Waals surface area contributed by atoms with Crippen LogP contribution in [-0.4, -0.2) is 31.4 Å². The molecule has 0 aliphatic heterocycles. The van der Waals surface area contributed by atoms with Gasteiger partial charge in [-0.1, -0.05) is 29.8 Å². The maximum Gasteiger partial charge on any atom is 0.420 e. The van der Waals surface area contributed by atoms with E-state index in [0.717, 1.165) is 11.1 Å². The Kier molecular flexibility index (Phi) is 6.02. The molecule has 0 N–H and O–H groups in total. The second-order valence-electron chi connectivity index (χ2n) is 5.73. The Hall–Kier alpha value is -1.75. The van der Waals surface area contributed by atoms with Crippen LogP contribution in [0.4, 0.5) is 0 Å². The third-order valence-electron chi connectivity index (χ3n) is 2.69. The fraction of sp³-hybridized carbons (Fsp3) is 0.467. The molecule has 1 aromatic carbocycles. The SMILES string of the molecule is CCOC(=O)C(=[N+]=[N-])C(O[Si](C)(C)C)c1ccc(C)cc1. The highest BCUT2D eigenvalue weighted by Gasteiger charge is 2.37. The van der Waals surface area contributed by atoms with Gasteiger partial charge >= 0.3 is 11.7 Å². The fourth-order valence-corrected chi connectivity index (χ4v) is 2.74. The molecule has 5 nitrogen and oxygen atoms in total. The lowest BCUT2D eigenvalue weighted by molar-refractivity contribution is -0.141. The number of rotatable bonds is 6. The molecule has 114 valence electrons. The maximum atomic E-state index is 12.0. The first-order valence-corrected chi connectivity index (χ1v) is 10.3. The van der Waals surface area contributed by atoms with Crippen LogP contribution in [0.25, 0.3) is 5.53 Å². The molecule has 1 unspecified atom stereocenters. The van der Waals surface area contributed by atoms with Crippen LogP contribution >= 0.6 is 0 Å². The molecule has 0 amide bonds. The minimum absolute atomic E-state index is 0.122. The van der Waals surface area contributed by atoms with E-state index in [1.807, 2.05) is 50.8 Å². The number of benzene rings is 1. The van der Waals surface area contributed by atoms with Crippen molar-refractivity contribution >= 4 is 20.0 Å². The molecule has 0 fully saturated rings. The van der Waals surface area contributed by atoms with Gasteiger partial charge in [-0.3, -0.25) is 0 Å². The highest BCUT2D eigenvalue weighted by atomic mass is 28.4. The standard InChI is InChI=1S/C15H22N2O3Si/c1-6-19-15(18)13(17-16)14(20-21(3,4)5)12-9-7-11(2)8-10-12/h7-10,14H,6H2,1-5H3. The van der Waals surface area contributed by atoms with Crippen molar-refractivity contribution in [2.45, 2.75) is 39.6 Å². The lowest BCUT2D eigenvalue weighted by Crippen LogP contribution is -2.35. The second kappa shape index (κ2) is 7.31. The summed E-state index contributed by atoms with van der Waals surface area (Å²) in [5, 5.41) is 0. The van der Waals surface area contributed by atoms with Crippen LogP contribution in [0.2, 0.25) is 19.6 Å². The van der Waals surface area contributed by atoms with E-state index in [1.54, 1.807) is 6.92 Å². The van der Waals surface area contributed by atoms with Gasteiger partial charge in [-0.2, -0.15) is 4.79 Å². The fourth-order valence-electron chi connectivity index (χ4n) is 1.78. The van der Waals surface area contributed by atoms with Gasteiger partial charge in [0.2, 0.25) is 0 Å². The number of nitrogens with zero attached hydrogens (tertiary/aromatic N) is 2. The summed E-state index contributed by atoms with van der Waals surface area (Å²) in [6.07, 6.45) is -0.721. The predicted octanol–water partition coefficient (Wildman–Crippen LogP) is 3.12. The Morgan fingerprint density at radius 2 is 1.86 bits per heavy atom. The lowest BCUT2D eigenvalue weighted by atomic mass is 10.0. The smallest absolute Gasteiger partial charge is 0.420 e. The number of carbonyl (C=O) groups excluding carboxylic acids is 1. The van der Waals surface area contributed by atoms with Crippen molar-refractivity contribution in [3.63, 3.8) is 0 Å². The van der Waals surface area contributed by atoms with Gasteiger partial charge in [0.1, 0.15) is 0 Å². The summed E-state index contributed by atoms with van der Waals surface area (Å²) in [5.41, 5.74) is 11.0. The van der Waals surface area contributed by atoms with Crippen LogP contribution in [0, 0.1) is 6.92 Å². The van der Waals surface area contributed by atoms with Gasteiger partial charge < -0.3 is 14.7 Å². The van der Waals surface area contributed by atoms with Crippen LogP contribution in [0.1, 0.15) is 24.2 Å². The predicted molar refractivity (Wildman–Crippen MR) is 83.6 cm³/mol. The zero-order valence-electron chi connectivity index (χ0n) is 13.2. The maximum absolute atomic E-state index is 12.0. The number of aryl methyl sites for hydroxylation is 1. The van der Waals surface area contributed by atoms with Crippen LogP contribution in [0.3, 0.4) is 0 Å². The molecule has 0 spiro atoms. The minimum atomic E-state index is -1.96. The average molecular weight is 306 g/mol. The van der Waals surface area contributed by atoms with E-state index >= 15 is 0 Å². The number of ether oxygens (including phenoxy) is 1. The van der Waals surface area contributed by atoms with Crippen molar-refractivity contribution < 1.29 is 18.7 Å². The molecule has 1 atom stereocenters. The molecule has 0 saturated carbocycles. The van der Waals surface area contributed by atoms with E-state index < -0.39 is 20.4 Å². The van der Waals surface area contributed by atoms with Gasteiger partial charge in [-0.05, 0) is 39.1 Å².